The molecule has 4 rings (SSSR count). The Labute approximate surface area is 172 Å². The second-order valence-corrected chi connectivity index (χ2v) is 7.41. The number of Topliss-reactive ketones (excluding diaryl/α,β-unsaturated/α-hetero) is 1. The molecule has 0 aliphatic carbocycles. The number of rotatable bonds is 3. The number of ketones is 1. The Hall–Kier alpha value is -3.19. The zero-order valence-electron chi connectivity index (χ0n) is 15.8. The molecule has 3 aromatic rings. The van der Waals surface area contributed by atoms with E-state index in [1.54, 1.807) is 47.5 Å². The van der Waals surface area contributed by atoms with Gasteiger partial charge in [0.05, 0.1) is 10.6 Å². The van der Waals surface area contributed by atoms with Gasteiger partial charge in [-0.3, -0.25) is 19.4 Å². The maximum absolute atomic E-state index is 12.9. The molecule has 148 valence electrons. The van der Waals surface area contributed by atoms with Crippen LogP contribution in [0.2, 0.25) is 5.02 Å². The van der Waals surface area contributed by atoms with Crippen molar-refractivity contribution in [2.45, 2.75) is 13.0 Å². The van der Waals surface area contributed by atoms with Gasteiger partial charge in [0.1, 0.15) is 5.69 Å². The Balaban J connectivity index is 1.50. The van der Waals surface area contributed by atoms with E-state index in [2.05, 4.69) is 9.97 Å². The Morgan fingerprint density at radius 2 is 1.97 bits per heavy atom. The van der Waals surface area contributed by atoms with Crippen molar-refractivity contribution in [2.24, 2.45) is 0 Å². The highest BCUT2D eigenvalue weighted by atomic mass is 35.5. The number of nitrogens with one attached hydrogen (secondary N) is 1. The number of piperazine rings is 1. The second kappa shape index (κ2) is 7.67. The molecule has 1 N–H and O–H groups in total. The minimum atomic E-state index is -0.610. The molecule has 1 atom stereocenters. The number of benzene rings is 1. The van der Waals surface area contributed by atoms with Crippen LogP contribution >= 0.6 is 11.6 Å². The van der Waals surface area contributed by atoms with Crippen molar-refractivity contribution in [3.63, 3.8) is 0 Å². The van der Waals surface area contributed by atoms with Crippen molar-refractivity contribution < 1.29 is 14.4 Å². The highest BCUT2D eigenvalue weighted by Gasteiger charge is 2.34. The molecule has 2 aromatic heterocycles. The Bertz CT molecular complexity index is 1100. The topological polar surface area (TPSA) is 86.4 Å². The third-order valence-electron chi connectivity index (χ3n) is 5.15. The Morgan fingerprint density at radius 1 is 1.14 bits per heavy atom. The van der Waals surface area contributed by atoms with E-state index in [4.69, 9.17) is 11.6 Å². The molecule has 1 aliphatic rings. The van der Waals surface area contributed by atoms with Crippen molar-refractivity contribution >= 4 is 40.1 Å². The van der Waals surface area contributed by atoms with E-state index in [9.17, 15) is 14.4 Å². The molecule has 0 saturated carbocycles. The van der Waals surface area contributed by atoms with Gasteiger partial charge in [0, 0.05) is 49.0 Å². The van der Waals surface area contributed by atoms with Crippen molar-refractivity contribution in [1.82, 2.24) is 19.8 Å². The number of carbonyl (C=O) groups excluding carboxylic acids is 3. The van der Waals surface area contributed by atoms with E-state index in [1.807, 2.05) is 6.92 Å². The summed E-state index contributed by atoms with van der Waals surface area (Å²) in [6.07, 6.45) is 3.09. The molecule has 8 heteroatoms. The van der Waals surface area contributed by atoms with E-state index in [0.717, 1.165) is 0 Å². The summed E-state index contributed by atoms with van der Waals surface area (Å²) in [5.41, 5.74) is 1.33. The van der Waals surface area contributed by atoms with Crippen LogP contribution in [0.3, 0.4) is 0 Å². The van der Waals surface area contributed by atoms with Gasteiger partial charge in [-0.25, -0.2) is 0 Å². The summed E-state index contributed by atoms with van der Waals surface area (Å²) in [7, 11) is 0. The number of nitrogens with zero attached hydrogens (tertiary/aromatic N) is 3. The minimum Gasteiger partial charge on any atom is -0.360 e. The van der Waals surface area contributed by atoms with Gasteiger partial charge in [-0.05, 0) is 31.2 Å². The first kappa shape index (κ1) is 19.1. The van der Waals surface area contributed by atoms with Gasteiger partial charge in [-0.2, -0.15) is 0 Å². The van der Waals surface area contributed by atoms with Crippen molar-refractivity contribution in [1.29, 1.82) is 0 Å². The SMILES string of the molecule is C[C@@H]1CN(C(=O)c2ccccn2)CCN1C(=O)C(=O)c1c[nH]c2cccc(Cl)c12. The molecular weight excluding hydrogens is 392 g/mol. The molecule has 1 aromatic carbocycles. The van der Waals surface area contributed by atoms with Crippen molar-refractivity contribution in [3.05, 3.63) is 65.1 Å². The summed E-state index contributed by atoms with van der Waals surface area (Å²) >= 11 is 6.23. The quantitative estimate of drug-likeness (QED) is 0.531. The predicted octanol–water partition coefficient (Wildman–Crippen LogP) is 2.77. The van der Waals surface area contributed by atoms with Gasteiger partial charge in [0.25, 0.3) is 17.6 Å². The maximum Gasteiger partial charge on any atom is 0.295 e. The molecule has 0 unspecified atom stereocenters. The van der Waals surface area contributed by atoms with Crippen LogP contribution in [0.1, 0.15) is 27.8 Å². The highest BCUT2D eigenvalue weighted by Crippen LogP contribution is 2.27. The lowest BCUT2D eigenvalue weighted by atomic mass is 10.1. The van der Waals surface area contributed by atoms with Crippen LogP contribution in [0, 0.1) is 0 Å². The second-order valence-electron chi connectivity index (χ2n) is 7.01. The summed E-state index contributed by atoms with van der Waals surface area (Å²) in [5.74, 6) is -1.39. The number of fused-ring (bicyclic) bond motifs is 1. The van der Waals surface area contributed by atoms with E-state index in [-0.39, 0.29) is 24.1 Å². The fraction of sp³-hybridized carbons (Fsp3) is 0.238. The first-order valence-corrected chi connectivity index (χ1v) is 9.66. The van der Waals surface area contributed by atoms with Crippen LogP contribution in [0.15, 0.2) is 48.8 Å². The average molecular weight is 411 g/mol. The number of hydrogen-bond donors (Lipinski definition) is 1. The molecule has 3 heterocycles. The summed E-state index contributed by atoms with van der Waals surface area (Å²) in [4.78, 5) is 48.7. The molecular formula is C21H19ClN4O3. The van der Waals surface area contributed by atoms with E-state index in [0.29, 0.717) is 34.7 Å². The fourth-order valence-electron chi connectivity index (χ4n) is 3.66. The predicted molar refractivity (Wildman–Crippen MR) is 109 cm³/mol. The summed E-state index contributed by atoms with van der Waals surface area (Å²) in [6, 6.07) is 10.1. The first-order chi connectivity index (χ1) is 14.0. The molecule has 0 bridgehead atoms. The van der Waals surface area contributed by atoms with Crippen LogP contribution < -0.4 is 0 Å². The number of H-pyrrole nitrogens is 1. The van der Waals surface area contributed by atoms with Crippen LogP contribution in [0.4, 0.5) is 0 Å². The van der Waals surface area contributed by atoms with Gasteiger partial charge in [-0.1, -0.05) is 23.7 Å². The number of hydrogen-bond acceptors (Lipinski definition) is 4. The molecule has 29 heavy (non-hydrogen) atoms. The molecule has 7 nitrogen and oxygen atoms in total. The molecule has 2 amide bonds. The molecule has 1 fully saturated rings. The van der Waals surface area contributed by atoms with Crippen molar-refractivity contribution in [3.8, 4) is 0 Å². The molecule has 0 spiro atoms. The van der Waals surface area contributed by atoms with Gasteiger partial charge < -0.3 is 14.8 Å². The van der Waals surface area contributed by atoms with Gasteiger partial charge in [0.15, 0.2) is 0 Å². The number of pyridine rings is 1. The standard InChI is InChI=1S/C21H19ClN4O3/c1-13-12-25(20(28)17-6-2-3-8-23-17)9-10-26(13)21(29)19(27)14-11-24-16-7-4-5-15(22)18(14)16/h2-8,11,13,24H,9-10,12H2,1H3/t13-/m1/s1. The number of aromatic nitrogens is 2. The van der Waals surface area contributed by atoms with Crippen LogP contribution in [0.5, 0.6) is 0 Å². The average Bonchev–Trinajstić information content (AvgIpc) is 3.18. The zero-order valence-corrected chi connectivity index (χ0v) is 16.5. The van der Waals surface area contributed by atoms with E-state index < -0.39 is 11.7 Å². The monoisotopic (exact) mass is 410 g/mol. The van der Waals surface area contributed by atoms with E-state index >= 15 is 0 Å². The maximum atomic E-state index is 12.9. The molecule has 0 radical (unpaired) electrons. The number of aromatic amines is 1. The number of carbonyl (C=O) groups is 3. The van der Waals surface area contributed by atoms with Gasteiger partial charge >= 0.3 is 0 Å². The third-order valence-corrected chi connectivity index (χ3v) is 5.47. The Kier molecular flexibility index (Phi) is 5.07. The summed E-state index contributed by atoms with van der Waals surface area (Å²) in [6.45, 7) is 2.78. The summed E-state index contributed by atoms with van der Waals surface area (Å²) < 4.78 is 0. The summed E-state index contributed by atoms with van der Waals surface area (Å²) in [5, 5.41) is 0.961. The third kappa shape index (κ3) is 3.49. The Morgan fingerprint density at radius 3 is 2.69 bits per heavy atom. The lowest BCUT2D eigenvalue weighted by Gasteiger charge is -2.39. The lowest BCUT2D eigenvalue weighted by molar-refractivity contribution is -0.130. The lowest BCUT2D eigenvalue weighted by Crippen LogP contribution is -2.56. The van der Waals surface area contributed by atoms with Gasteiger partial charge in [-0.15, -0.1) is 0 Å². The normalized spacial score (nSPS) is 16.8. The minimum absolute atomic E-state index is 0.181. The van der Waals surface area contributed by atoms with Crippen LogP contribution in [-0.2, 0) is 4.79 Å². The number of halogens is 1. The number of amides is 2. The van der Waals surface area contributed by atoms with Crippen molar-refractivity contribution in [2.75, 3.05) is 19.6 Å². The smallest absolute Gasteiger partial charge is 0.295 e. The zero-order chi connectivity index (χ0) is 20.5. The molecule has 1 saturated heterocycles. The van der Waals surface area contributed by atoms with Gasteiger partial charge in [0.2, 0.25) is 0 Å². The largest absolute Gasteiger partial charge is 0.360 e. The van der Waals surface area contributed by atoms with E-state index in [1.165, 1.54) is 11.1 Å². The van der Waals surface area contributed by atoms with Crippen LogP contribution in [-0.4, -0.2) is 63.0 Å². The fourth-order valence-corrected chi connectivity index (χ4v) is 3.94. The van der Waals surface area contributed by atoms with Crippen LogP contribution in [0.25, 0.3) is 10.9 Å². The molecule has 1 aliphatic heterocycles. The first-order valence-electron chi connectivity index (χ1n) is 9.28. The highest BCUT2D eigenvalue weighted by molar-refractivity contribution is 6.47.